The fraction of sp³-hybridized carbons (Fsp3) is 0.0625. The molecular weight excluding hydrogens is 390 g/mol. The second-order valence-corrected chi connectivity index (χ2v) is 6.31. The number of hydrogen-bond donors (Lipinski definition) is 5. The molecule has 0 bridgehead atoms. The highest BCUT2D eigenvalue weighted by Gasteiger charge is 2.57. The number of ether oxygens (including phenoxy) is 1. The van der Waals surface area contributed by atoms with Gasteiger partial charge < -0.3 is 14.7 Å². The first kappa shape index (κ1) is 16.2. The van der Waals surface area contributed by atoms with E-state index in [-0.39, 0.29) is 5.82 Å². The van der Waals surface area contributed by atoms with E-state index in [9.17, 15) is 0 Å². The van der Waals surface area contributed by atoms with Crippen LogP contribution in [0, 0.1) is 0 Å². The second-order valence-electron chi connectivity index (χ2n) is 6.31. The van der Waals surface area contributed by atoms with Gasteiger partial charge in [0, 0.05) is 24.8 Å². The van der Waals surface area contributed by atoms with Crippen LogP contribution in [-0.2, 0) is 10.5 Å². The molecule has 148 valence electrons. The van der Waals surface area contributed by atoms with Gasteiger partial charge in [0.2, 0.25) is 5.82 Å². The molecule has 1 aliphatic heterocycles. The van der Waals surface area contributed by atoms with Crippen molar-refractivity contribution in [2.75, 3.05) is 4.90 Å². The maximum atomic E-state index is 6.61. The zero-order chi connectivity index (χ0) is 20.0. The number of anilines is 1. The molecule has 14 nitrogen and oxygen atoms in total. The zero-order valence-corrected chi connectivity index (χ0v) is 15.1. The van der Waals surface area contributed by atoms with Crippen molar-refractivity contribution in [1.29, 1.82) is 0 Å². The molecule has 0 fully saturated rings. The minimum absolute atomic E-state index is 0.254. The smallest absolute Gasteiger partial charge is 0.296 e. The van der Waals surface area contributed by atoms with Crippen molar-refractivity contribution < 1.29 is 4.74 Å². The number of tetrazole rings is 1. The van der Waals surface area contributed by atoms with Crippen molar-refractivity contribution >= 4 is 17.3 Å². The lowest BCUT2D eigenvalue weighted by atomic mass is 10.1. The molecule has 0 aliphatic carbocycles. The van der Waals surface area contributed by atoms with Crippen LogP contribution < -0.4 is 4.90 Å². The van der Waals surface area contributed by atoms with Gasteiger partial charge in [0.25, 0.3) is 5.72 Å². The molecule has 6 rings (SSSR count). The molecular formula is C16H13N13O. The monoisotopic (exact) mass is 403 g/mol. The molecule has 0 radical (unpaired) electrons. The van der Waals surface area contributed by atoms with E-state index in [1.54, 1.807) is 37.1 Å². The van der Waals surface area contributed by atoms with Gasteiger partial charge in [0.05, 0.1) is 6.20 Å². The van der Waals surface area contributed by atoms with E-state index in [1.807, 2.05) is 17.0 Å². The zero-order valence-electron chi connectivity index (χ0n) is 15.1. The molecule has 1 aliphatic rings. The molecule has 6 heterocycles. The number of aromatic nitrogens is 12. The Kier molecular flexibility index (Phi) is 3.31. The van der Waals surface area contributed by atoms with E-state index in [1.165, 1.54) is 0 Å². The quantitative estimate of drug-likeness (QED) is 0.276. The van der Waals surface area contributed by atoms with Gasteiger partial charge in [0.1, 0.15) is 22.9 Å². The molecule has 5 aromatic rings. The first-order valence-corrected chi connectivity index (χ1v) is 8.84. The third-order valence-electron chi connectivity index (χ3n) is 4.71. The summed E-state index contributed by atoms with van der Waals surface area (Å²) in [6.07, 6.45) is 8.35. The molecule has 5 aromatic heterocycles. The summed E-state index contributed by atoms with van der Waals surface area (Å²) in [5.41, 5.74) is 0.299. The van der Waals surface area contributed by atoms with Gasteiger partial charge in [0.15, 0.2) is 11.6 Å². The lowest BCUT2D eigenvalue weighted by molar-refractivity contribution is 0.0873. The Labute approximate surface area is 166 Å². The molecule has 30 heavy (non-hydrogen) atoms. The SMILES string of the molecule is c1c[nH]c(N2C(c3cn[nH]n3)=C(c3ncc[nH]3)OC2(c2nn[nH]n2)c2ccn[nH]2)c1. The van der Waals surface area contributed by atoms with Crippen LogP contribution in [0.25, 0.3) is 11.5 Å². The average molecular weight is 403 g/mol. The maximum absolute atomic E-state index is 6.61. The van der Waals surface area contributed by atoms with Gasteiger partial charge in [-0.05, 0) is 23.4 Å². The highest BCUT2D eigenvalue weighted by Crippen LogP contribution is 2.51. The minimum Gasteiger partial charge on any atom is -0.448 e. The largest absolute Gasteiger partial charge is 0.448 e. The molecule has 1 unspecified atom stereocenters. The van der Waals surface area contributed by atoms with E-state index >= 15 is 0 Å². The van der Waals surface area contributed by atoms with Gasteiger partial charge in [-0.3, -0.25) is 10.00 Å². The summed E-state index contributed by atoms with van der Waals surface area (Å²) >= 11 is 0. The van der Waals surface area contributed by atoms with Crippen molar-refractivity contribution in [1.82, 2.24) is 61.2 Å². The van der Waals surface area contributed by atoms with E-state index < -0.39 is 5.72 Å². The summed E-state index contributed by atoms with van der Waals surface area (Å²) in [5, 5.41) is 32.7. The first-order chi connectivity index (χ1) is 14.9. The molecule has 0 amide bonds. The molecule has 14 heteroatoms. The van der Waals surface area contributed by atoms with Crippen LogP contribution in [0.4, 0.5) is 5.82 Å². The summed E-state index contributed by atoms with van der Waals surface area (Å²) in [6.45, 7) is 0. The van der Waals surface area contributed by atoms with E-state index in [0.29, 0.717) is 34.5 Å². The standard InChI is InChI=1S/C16H13N13O/c1-2-11(17-4-1)29-12(9-8-21-26-22-9)13(14-18-6-7-19-14)30-16(29,10-3-5-20-23-10)15-24-27-28-25-15/h1-8,17H,(H,18,19)(H,20,23)(H,21,22,26)(H,24,25,27,28). The fourth-order valence-electron chi connectivity index (χ4n) is 3.54. The molecule has 0 aromatic carbocycles. The molecule has 0 saturated carbocycles. The van der Waals surface area contributed by atoms with Crippen molar-refractivity contribution in [2.24, 2.45) is 0 Å². The van der Waals surface area contributed by atoms with E-state index in [0.717, 1.165) is 0 Å². The number of imidazole rings is 1. The number of hydrogen-bond acceptors (Lipinski definition) is 9. The highest BCUT2D eigenvalue weighted by molar-refractivity contribution is 5.96. The van der Waals surface area contributed by atoms with Crippen molar-refractivity contribution in [3.63, 3.8) is 0 Å². The van der Waals surface area contributed by atoms with Crippen molar-refractivity contribution in [3.05, 3.63) is 72.2 Å². The van der Waals surface area contributed by atoms with Gasteiger partial charge in [-0.1, -0.05) is 0 Å². The van der Waals surface area contributed by atoms with Crippen LogP contribution in [0.1, 0.15) is 23.0 Å². The number of rotatable bonds is 5. The fourth-order valence-corrected chi connectivity index (χ4v) is 3.54. The number of nitrogens with one attached hydrogen (secondary N) is 5. The Bertz CT molecular complexity index is 1220. The average Bonchev–Trinajstić information content (AvgIpc) is 3.62. The molecule has 0 spiro atoms. The first-order valence-electron chi connectivity index (χ1n) is 8.84. The highest BCUT2D eigenvalue weighted by atomic mass is 16.5. The Hall–Kier alpha value is -4.75. The summed E-state index contributed by atoms with van der Waals surface area (Å²) in [5.74, 6) is 1.86. The number of nitrogens with zero attached hydrogens (tertiary/aromatic N) is 8. The molecule has 5 N–H and O–H groups in total. The third kappa shape index (κ3) is 2.15. The van der Waals surface area contributed by atoms with Crippen LogP contribution in [0.3, 0.4) is 0 Å². The lowest BCUT2D eigenvalue weighted by Gasteiger charge is -2.34. The van der Waals surface area contributed by atoms with Gasteiger partial charge >= 0.3 is 0 Å². The summed E-state index contributed by atoms with van der Waals surface area (Å²) in [7, 11) is 0. The van der Waals surface area contributed by atoms with Crippen molar-refractivity contribution in [2.45, 2.75) is 5.72 Å². The molecule has 0 saturated heterocycles. The lowest BCUT2D eigenvalue weighted by Crippen LogP contribution is -2.45. The predicted octanol–water partition coefficient (Wildman–Crippen LogP) is 0.356. The van der Waals surface area contributed by atoms with Gasteiger partial charge in [-0.15, -0.1) is 10.2 Å². The maximum Gasteiger partial charge on any atom is 0.296 e. The Morgan fingerprint density at radius 2 is 2.00 bits per heavy atom. The number of aromatic amines is 5. The third-order valence-corrected chi connectivity index (χ3v) is 4.71. The van der Waals surface area contributed by atoms with E-state index in [2.05, 4.69) is 61.2 Å². The molecule has 1 atom stereocenters. The summed E-state index contributed by atoms with van der Waals surface area (Å²) < 4.78 is 6.61. The summed E-state index contributed by atoms with van der Waals surface area (Å²) in [4.78, 5) is 12.5. The number of H-pyrrole nitrogens is 5. The van der Waals surface area contributed by atoms with Gasteiger partial charge in [-0.2, -0.15) is 25.7 Å². The second kappa shape index (κ2) is 6.13. The van der Waals surface area contributed by atoms with Crippen molar-refractivity contribution in [3.8, 4) is 0 Å². The van der Waals surface area contributed by atoms with Crippen LogP contribution >= 0.6 is 0 Å². The van der Waals surface area contributed by atoms with Crippen LogP contribution in [0.15, 0.2) is 49.2 Å². The minimum atomic E-state index is -1.38. The summed E-state index contributed by atoms with van der Waals surface area (Å²) in [6, 6.07) is 5.53. The normalized spacial score (nSPS) is 18.9. The Balaban J connectivity index is 1.70. The van der Waals surface area contributed by atoms with Gasteiger partial charge in [-0.25, -0.2) is 4.98 Å². The Morgan fingerprint density at radius 1 is 1.00 bits per heavy atom. The topological polar surface area (TPSA) is 182 Å². The van der Waals surface area contributed by atoms with Crippen LogP contribution in [0.5, 0.6) is 0 Å². The van der Waals surface area contributed by atoms with Crippen LogP contribution in [0.2, 0.25) is 0 Å². The van der Waals surface area contributed by atoms with E-state index in [4.69, 9.17) is 4.74 Å². The van der Waals surface area contributed by atoms with Crippen LogP contribution in [-0.4, -0.2) is 61.2 Å². The Morgan fingerprint density at radius 3 is 2.67 bits per heavy atom. The predicted molar refractivity (Wildman–Crippen MR) is 99.7 cm³/mol.